The van der Waals surface area contributed by atoms with Gasteiger partial charge in [0.05, 0.1) is 0 Å². The summed E-state index contributed by atoms with van der Waals surface area (Å²) in [7, 11) is 0. The van der Waals surface area contributed by atoms with Crippen LogP contribution in [0.15, 0.2) is 42.5 Å². The Labute approximate surface area is 205 Å². The molecular weight excluding hydrogens is 459 g/mol. The molecule has 2 unspecified atom stereocenters. The molecule has 1 aliphatic heterocycles. The Morgan fingerprint density at radius 2 is 1.85 bits per heavy atom. The van der Waals surface area contributed by atoms with Gasteiger partial charge in [-0.25, -0.2) is 0 Å². The van der Waals surface area contributed by atoms with Crippen molar-refractivity contribution in [1.82, 2.24) is 10.2 Å². The van der Waals surface area contributed by atoms with Crippen LogP contribution in [0, 0.1) is 5.92 Å². The number of rotatable bonds is 5. The zero-order valence-electron chi connectivity index (χ0n) is 19.0. The van der Waals surface area contributed by atoms with E-state index < -0.39 is 12.1 Å². The van der Waals surface area contributed by atoms with E-state index in [1.165, 1.54) is 6.42 Å². The lowest BCUT2D eigenvalue weighted by Gasteiger charge is -2.33. The van der Waals surface area contributed by atoms with Crippen LogP contribution in [0.2, 0.25) is 10.0 Å². The van der Waals surface area contributed by atoms with E-state index in [0.29, 0.717) is 21.4 Å². The first kappa shape index (κ1) is 23.9. The highest BCUT2D eigenvalue weighted by Gasteiger charge is 2.42. The fraction of sp³-hybridized carbons (Fsp3) is 0.462. The molecule has 5 nitrogen and oxygen atoms in total. The lowest BCUT2D eigenvalue weighted by Crippen LogP contribution is -2.49. The summed E-state index contributed by atoms with van der Waals surface area (Å²) in [6.45, 7) is 4.07. The number of hydrogen-bond acceptors (Lipinski definition) is 3. The van der Waals surface area contributed by atoms with Crippen LogP contribution in [0.3, 0.4) is 0 Å². The molecule has 1 N–H and O–H groups in total. The third kappa shape index (κ3) is 5.30. The van der Waals surface area contributed by atoms with Gasteiger partial charge in [0, 0.05) is 28.2 Å². The van der Waals surface area contributed by atoms with Crippen molar-refractivity contribution in [2.75, 3.05) is 0 Å². The van der Waals surface area contributed by atoms with Crippen molar-refractivity contribution in [3.8, 4) is 5.75 Å². The molecule has 0 radical (unpaired) electrons. The van der Waals surface area contributed by atoms with Crippen LogP contribution >= 0.6 is 23.2 Å². The predicted molar refractivity (Wildman–Crippen MR) is 130 cm³/mol. The molecule has 2 atom stereocenters. The minimum atomic E-state index is -0.867. The molecule has 0 bridgehead atoms. The zero-order chi connectivity index (χ0) is 23.5. The van der Waals surface area contributed by atoms with E-state index in [9.17, 15) is 9.59 Å². The van der Waals surface area contributed by atoms with Gasteiger partial charge in [-0.15, -0.1) is 0 Å². The lowest BCUT2D eigenvalue weighted by atomic mass is 9.94. The number of nitrogens with zero attached hydrogens (tertiary/aromatic N) is 1. The van der Waals surface area contributed by atoms with Crippen LogP contribution in [0.25, 0.3) is 0 Å². The number of nitrogens with one attached hydrogen (secondary N) is 1. The summed E-state index contributed by atoms with van der Waals surface area (Å²) in [6, 6.07) is 11.8. The van der Waals surface area contributed by atoms with Crippen molar-refractivity contribution in [1.29, 1.82) is 0 Å². The molecule has 0 aromatic heterocycles. The SMILES string of the molecule is CC(C)C1Oc2ccc(Cl)cc2C(C(=O)NC2CCCCC2)N(Cc2ccccc2Cl)C1=O. The van der Waals surface area contributed by atoms with Crippen molar-refractivity contribution < 1.29 is 14.3 Å². The summed E-state index contributed by atoms with van der Waals surface area (Å²) in [6.07, 6.45) is 4.56. The van der Waals surface area contributed by atoms with E-state index >= 15 is 0 Å². The summed E-state index contributed by atoms with van der Waals surface area (Å²) < 4.78 is 6.19. The molecule has 2 aliphatic rings. The molecule has 0 spiro atoms. The van der Waals surface area contributed by atoms with Gasteiger partial charge in [-0.3, -0.25) is 9.59 Å². The standard InChI is InChI=1S/C26H30Cl2N2O3/c1-16(2)24-26(32)30(15-17-8-6-7-11-21(17)28)23(20-14-18(27)12-13-22(20)33-24)25(31)29-19-9-4-3-5-10-19/h6-8,11-14,16,19,23-24H,3-5,9-10,15H2,1-2H3,(H,29,31). The van der Waals surface area contributed by atoms with E-state index in [2.05, 4.69) is 5.32 Å². The minimum Gasteiger partial charge on any atom is -0.480 e. The number of carbonyl (C=O) groups is 2. The minimum absolute atomic E-state index is 0.0880. The topological polar surface area (TPSA) is 58.6 Å². The maximum Gasteiger partial charge on any atom is 0.265 e. The van der Waals surface area contributed by atoms with E-state index in [-0.39, 0.29) is 30.3 Å². The van der Waals surface area contributed by atoms with Gasteiger partial charge in [-0.2, -0.15) is 0 Å². The largest absolute Gasteiger partial charge is 0.480 e. The maximum atomic E-state index is 13.8. The summed E-state index contributed by atoms with van der Waals surface area (Å²) in [5.74, 6) is -0.0216. The Bertz CT molecular complexity index is 1020. The second-order valence-electron chi connectivity index (χ2n) is 9.27. The van der Waals surface area contributed by atoms with Crippen LogP contribution in [-0.4, -0.2) is 28.9 Å². The van der Waals surface area contributed by atoms with E-state index in [1.807, 2.05) is 32.0 Å². The third-order valence-corrected chi connectivity index (χ3v) is 7.07. The molecule has 2 aromatic rings. The third-order valence-electron chi connectivity index (χ3n) is 6.46. The summed E-state index contributed by atoms with van der Waals surface area (Å²) in [4.78, 5) is 29.2. The molecule has 1 fully saturated rings. The second-order valence-corrected chi connectivity index (χ2v) is 10.1. The Morgan fingerprint density at radius 3 is 2.55 bits per heavy atom. The molecule has 1 aliphatic carbocycles. The fourth-order valence-electron chi connectivity index (χ4n) is 4.70. The summed E-state index contributed by atoms with van der Waals surface area (Å²) in [5, 5.41) is 4.24. The predicted octanol–water partition coefficient (Wildman–Crippen LogP) is 5.93. The van der Waals surface area contributed by atoms with Crippen LogP contribution in [0.1, 0.15) is 63.1 Å². The number of fused-ring (bicyclic) bond motifs is 1. The first-order chi connectivity index (χ1) is 15.8. The van der Waals surface area contributed by atoms with Gasteiger partial charge in [0.15, 0.2) is 6.10 Å². The normalized spacial score (nSPS) is 21.4. The van der Waals surface area contributed by atoms with Gasteiger partial charge in [-0.1, -0.05) is 74.5 Å². The number of amides is 2. The smallest absolute Gasteiger partial charge is 0.265 e. The number of benzene rings is 2. The van der Waals surface area contributed by atoms with Crippen molar-refractivity contribution in [3.05, 3.63) is 63.6 Å². The molecule has 33 heavy (non-hydrogen) atoms. The first-order valence-corrected chi connectivity index (χ1v) is 12.4. The molecule has 176 valence electrons. The van der Waals surface area contributed by atoms with Crippen molar-refractivity contribution >= 4 is 35.0 Å². The number of carbonyl (C=O) groups excluding carboxylic acids is 2. The molecule has 1 heterocycles. The number of halogens is 2. The van der Waals surface area contributed by atoms with Crippen molar-refractivity contribution in [2.45, 2.75) is 70.7 Å². The zero-order valence-corrected chi connectivity index (χ0v) is 20.5. The lowest BCUT2D eigenvalue weighted by molar-refractivity contribution is -0.147. The van der Waals surface area contributed by atoms with Gasteiger partial charge >= 0.3 is 0 Å². The van der Waals surface area contributed by atoms with Gasteiger partial charge in [0.25, 0.3) is 5.91 Å². The molecule has 7 heteroatoms. The Morgan fingerprint density at radius 1 is 1.12 bits per heavy atom. The maximum absolute atomic E-state index is 13.8. The first-order valence-electron chi connectivity index (χ1n) is 11.7. The molecule has 1 saturated carbocycles. The summed E-state index contributed by atoms with van der Waals surface area (Å²) in [5.41, 5.74) is 1.37. The summed E-state index contributed by atoms with van der Waals surface area (Å²) >= 11 is 12.8. The second kappa shape index (κ2) is 10.4. The van der Waals surface area contributed by atoms with E-state index in [4.69, 9.17) is 27.9 Å². The number of ether oxygens (including phenoxy) is 1. The molecule has 4 rings (SSSR count). The molecule has 2 aromatic carbocycles. The van der Waals surface area contributed by atoms with Crippen molar-refractivity contribution in [2.24, 2.45) is 5.92 Å². The van der Waals surface area contributed by atoms with Crippen LogP contribution in [-0.2, 0) is 16.1 Å². The highest BCUT2D eigenvalue weighted by Crippen LogP contribution is 2.39. The monoisotopic (exact) mass is 488 g/mol. The Hall–Kier alpha value is -2.24. The Kier molecular flexibility index (Phi) is 7.50. The van der Waals surface area contributed by atoms with Crippen LogP contribution < -0.4 is 10.1 Å². The Balaban J connectivity index is 1.79. The van der Waals surface area contributed by atoms with Crippen molar-refractivity contribution in [3.63, 3.8) is 0 Å². The number of hydrogen-bond donors (Lipinski definition) is 1. The highest BCUT2D eigenvalue weighted by atomic mass is 35.5. The van der Waals surface area contributed by atoms with Crippen LogP contribution in [0.5, 0.6) is 5.75 Å². The van der Waals surface area contributed by atoms with Crippen LogP contribution in [0.4, 0.5) is 0 Å². The molecular formula is C26H30Cl2N2O3. The average Bonchev–Trinajstić information content (AvgIpc) is 2.90. The quantitative estimate of drug-likeness (QED) is 0.567. The fourth-order valence-corrected chi connectivity index (χ4v) is 5.07. The van der Waals surface area contributed by atoms with E-state index in [0.717, 1.165) is 31.2 Å². The highest BCUT2D eigenvalue weighted by molar-refractivity contribution is 6.31. The van der Waals surface area contributed by atoms with E-state index in [1.54, 1.807) is 29.2 Å². The molecule has 0 saturated heterocycles. The molecule has 2 amide bonds. The van der Waals surface area contributed by atoms with Gasteiger partial charge in [0.1, 0.15) is 11.8 Å². The van der Waals surface area contributed by atoms with Gasteiger partial charge in [0.2, 0.25) is 5.91 Å². The average molecular weight is 489 g/mol. The van der Waals surface area contributed by atoms with Gasteiger partial charge in [-0.05, 0) is 48.6 Å². The van der Waals surface area contributed by atoms with Gasteiger partial charge < -0.3 is 15.0 Å².